The Kier molecular flexibility index (Phi) is 2.39. The molecule has 0 aromatic carbocycles. The van der Waals surface area contributed by atoms with Crippen LogP contribution in [0.4, 0.5) is 0 Å². The molecule has 4 saturated heterocycles. The third-order valence-electron chi connectivity index (χ3n) is 6.06. The van der Waals surface area contributed by atoms with Gasteiger partial charge in [0.15, 0.2) is 0 Å². The number of fused-ring (bicyclic) bond motifs is 1. The monoisotopic (exact) mass is 251 g/mol. The summed E-state index contributed by atoms with van der Waals surface area (Å²) in [6, 6.07) is 0. The van der Waals surface area contributed by atoms with Crippen LogP contribution in [-0.4, -0.2) is 65.8 Å². The lowest BCUT2D eigenvalue weighted by Gasteiger charge is -2.60. The fraction of sp³-hybridized carbons (Fsp3) is 1.00. The molecule has 1 saturated carbocycles. The highest BCUT2D eigenvalue weighted by atomic mass is 16.3. The van der Waals surface area contributed by atoms with Crippen LogP contribution in [0.5, 0.6) is 0 Å². The molecule has 0 aromatic rings. The molecule has 3 unspecified atom stereocenters. The van der Waals surface area contributed by atoms with Gasteiger partial charge in [-0.3, -0.25) is 9.80 Å². The van der Waals surface area contributed by atoms with Crippen LogP contribution in [0.25, 0.3) is 0 Å². The molecule has 0 spiro atoms. The normalized spacial score (nSPS) is 56.0. The lowest BCUT2D eigenvalue weighted by Crippen LogP contribution is -2.78. The average molecular weight is 251 g/mol. The zero-order chi connectivity index (χ0) is 12.4. The minimum atomic E-state index is -0.379. The smallest absolute Gasteiger partial charge is 0.0828 e. The number of aliphatic hydroxyl groups is 1. The second kappa shape index (κ2) is 3.69. The maximum Gasteiger partial charge on any atom is 0.0828 e. The van der Waals surface area contributed by atoms with Crippen LogP contribution in [0.3, 0.4) is 0 Å². The van der Waals surface area contributed by atoms with Gasteiger partial charge in [-0.1, -0.05) is 12.8 Å². The van der Waals surface area contributed by atoms with Gasteiger partial charge < -0.3 is 10.8 Å². The molecule has 5 rings (SSSR count). The van der Waals surface area contributed by atoms with Crippen molar-refractivity contribution in [3.8, 4) is 0 Å². The van der Waals surface area contributed by atoms with E-state index in [0.29, 0.717) is 5.92 Å². The molecule has 4 nitrogen and oxygen atoms in total. The molecule has 4 aliphatic heterocycles. The molecule has 4 heteroatoms. The molecule has 4 bridgehead atoms. The van der Waals surface area contributed by atoms with Crippen molar-refractivity contribution in [1.29, 1.82) is 0 Å². The third kappa shape index (κ3) is 1.40. The second-order valence-corrected chi connectivity index (χ2v) is 7.27. The summed E-state index contributed by atoms with van der Waals surface area (Å²) < 4.78 is 0. The molecule has 0 radical (unpaired) electrons. The first kappa shape index (κ1) is 11.6. The van der Waals surface area contributed by atoms with E-state index >= 15 is 0 Å². The summed E-state index contributed by atoms with van der Waals surface area (Å²) in [6.45, 7) is 6.21. The quantitative estimate of drug-likeness (QED) is 0.681. The van der Waals surface area contributed by atoms with Crippen LogP contribution in [0.2, 0.25) is 0 Å². The first-order valence-electron chi connectivity index (χ1n) is 7.54. The van der Waals surface area contributed by atoms with E-state index in [-0.39, 0.29) is 17.1 Å². The van der Waals surface area contributed by atoms with Gasteiger partial charge in [-0.25, -0.2) is 0 Å². The number of nitrogens with two attached hydrogens (primary N) is 1. The Hall–Kier alpha value is -0.160. The Morgan fingerprint density at radius 3 is 2.06 bits per heavy atom. The van der Waals surface area contributed by atoms with E-state index in [2.05, 4.69) is 9.80 Å². The van der Waals surface area contributed by atoms with Crippen molar-refractivity contribution in [2.24, 2.45) is 17.1 Å². The maximum atomic E-state index is 10.9. The lowest BCUT2D eigenvalue weighted by molar-refractivity contribution is -0.154. The third-order valence-corrected chi connectivity index (χ3v) is 6.06. The van der Waals surface area contributed by atoms with Gasteiger partial charge in [0.1, 0.15) is 0 Å². The predicted molar refractivity (Wildman–Crippen MR) is 70.2 cm³/mol. The number of hydrogen-bond donors (Lipinski definition) is 2. The summed E-state index contributed by atoms with van der Waals surface area (Å²) in [5.74, 6) is 0.694. The molecule has 5 aliphatic rings. The van der Waals surface area contributed by atoms with Gasteiger partial charge in [0, 0.05) is 44.7 Å². The van der Waals surface area contributed by atoms with Crippen molar-refractivity contribution in [3.05, 3.63) is 0 Å². The van der Waals surface area contributed by atoms with Gasteiger partial charge in [-0.2, -0.15) is 0 Å². The van der Waals surface area contributed by atoms with E-state index in [1.165, 1.54) is 25.7 Å². The molecule has 102 valence electrons. The van der Waals surface area contributed by atoms with Crippen LogP contribution < -0.4 is 5.73 Å². The Labute approximate surface area is 109 Å². The highest BCUT2D eigenvalue weighted by Gasteiger charge is 2.62. The summed E-state index contributed by atoms with van der Waals surface area (Å²) in [5.41, 5.74) is 6.27. The number of rotatable bonds is 1. The van der Waals surface area contributed by atoms with Gasteiger partial charge in [0.25, 0.3) is 0 Å². The van der Waals surface area contributed by atoms with Crippen LogP contribution >= 0.6 is 0 Å². The topological polar surface area (TPSA) is 52.7 Å². The maximum absolute atomic E-state index is 10.9. The molecule has 18 heavy (non-hydrogen) atoms. The van der Waals surface area contributed by atoms with Gasteiger partial charge in [-0.15, -0.1) is 0 Å². The van der Waals surface area contributed by atoms with Crippen molar-refractivity contribution in [1.82, 2.24) is 9.80 Å². The second-order valence-electron chi connectivity index (χ2n) is 7.27. The van der Waals surface area contributed by atoms with E-state index in [1.807, 2.05) is 0 Å². The minimum Gasteiger partial charge on any atom is -0.390 e. The van der Waals surface area contributed by atoms with Crippen molar-refractivity contribution in [2.45, 2.75) is 37.3 Å². The number of nitrogens with zero attached hydrogens (tertiary/aromatic N) is 2. The largest absolute Gasteiger partial charge is 0.390 e. The number of aliphatic hydroxyl groups excluding tert-OH is 1. The molecule has 3 atom stereocenters. The van der Waals surface area contributed by atoms with Gasteiger partial charge in [0.2, 0.25) is 0 Å². The standard InChI is InChI=1S/C14H25N3O/c15-14-9-16-5-6-17(10-14)8-13(7-16,12(14)18)11-3-1-2-4-11/h11-12,18H,1-10,15H2. The van der Waals surface area contributed by atoms with Crippen LogP contribution in [0.15, 0.2) is 0 Å². The van der Waals surface area contributed by atoms with Gasteiger partial charge in [0.05, 0.1) is 11.6 Å². The summed E-state index contributed by atoms with van der Waals surface area (Å²) in [6.07, 6.45) is 5.00. The van der Waals surface area contributed by atoms with Crippen molar-refractivity contribution in [2.75, 3.05) is 39.3 Å². The van der Waals surface area contributed by atoms with E-state index in [1.54, 1.807) is 0 Å². The molecule has 5 fully saturated rings. The van der Waals surface area contributed by atoms with E-state index < -0.39 is 0 Å². The predicted octanol–water partition coefficient (Wildman–Crippen LogP) is -0.134. The van der Waals surface area contributed by atoms with Crippen molar-refractivity contribution >= 4 is 0 Å². The fourth-order valence-electron chi connectivity index (χ4n) is 5.38. The summed E-state index contributed by atoms with van der Waals surface area (Å²) in [7, 11) is 0. The van der Waals surface area contributed by atoms with E-state index in [4.69, 9.17) is 5.73 Å². The Morgan fingerprint density at radius 2 is 1.50 bits per heavy atom. The van der Waals surface area contributed by atoms with E-state index in [9.17, 15) is 5.11 Å². The Morgan fingerprint density at radius 1 is 0.944 bits per heavy atom. The zero-order valence-corrected chi connectivity index (χ0v) is 11.1. The van der Waals surface area contributed by atoms with Gasteiger partial charge in [-0.05, 0) is 18.8 Å². The molecule has 0 aromatic heterocycles. The summed E-state index contributed by atoms with van der Waals surface area (Å²) >= 11 is 0. The SMILES string of the molecule is NC12CN3CCN(C1)CC(C1CCCC1)(C3)C2O. The van der Waals surface area contributed by atoms with Crippen molar-refractivity contribution < 1.29 is 5.11 Å². The highest BCUT2D eigenvalue weighted by molar-refractivity contribution is 5.17. The minimum absolute atomic E-state index is 0.0677. The fourth-order valence-corrected chi connectivity index (χ4v) is 5.38. The summed E-state index contributed by atoms with van der Waals surface area (Å²) in [4.78, 5) is 5.05. The molecule has 0 amide bonds. The average Bonchev–Trinajstić information content (AvgIpc) is 2.75. The lowest BCUT2D eigenvalue weighted by atomic mass is 9.60. The first-order valence-corrected chi connectivity index (χ1v) is 7.54. The molecule has 1 aliphatic carbocycles. The number of hydrogen-bond acceptors (Lipinski definition) is 4. The van der Waals surface area contributed by atoms with Crippen LogP contribution in [-0.2, 0) is 0 Å². The van der Waals surface area contributed by atoms with Crippen LogP contribution in [0.1, 0.15) is 25.7 Å². The van der Waals surface area contributed by atoms with E-state index in [0.717, 1.165) is 39.3 Å². The summed E-state index contributed by atoms with van der Waals surface area (Å²) in [5, 5.41) is 10.9. The van der Waals surface area contributed by atoms with Gasteiger partial charge >= 0.3 is 0 Å². The van der Waals surface area contributed by atoms with Crippen molar-refractivity contribution in [3.63, 3.8) is 0 Å². The first-order chi connectivity index (χ1) is 8.62. The molecular formula is C14H25N3O. The molecular weight excluding hydrogens is 226 g/mol. The highest BCUT2D eigenvalue weighted by Crippen LogP contribution is 2.51. The van der Waals surface area contributed by atoms with Crippen LogP contribution in [0, 0.1) is 11.3 Å². The Bertz CT molecular complexity index is 337. The molecule has 3 N–H and O–H groups in total. The number of piperidine rings is 2. The molecule has 4 heterocycles. The Balaban J connectivity index is 1.76. The zero-order valence-electron chi connectivity index (χ0n) is 11.1.